The van der Waals surface area contributed by atoms with Crippen molar-refractivity contribution in [2.45, 2.75) is 91.0 Å². The van der Waals surface area contributed by atoms with Crippen molar-refractivity contribution in [1.82, 2.24) is 0 Å². The summed E-state index contributed by atoms with van der Waals surface area (Å²) in [5.74, 6) is 2.53. The van der Waals surface area contributed by atoms with Crippen molar-refractivity contribution in [2.75, 3.05) is 0 Å². The normalized spacial score (nSPS) is 18.1. The van der Waals surface area contributed by atoms with Gasteiger partial charge in [0.05, 0.1) is 6.10 Å². The first-order valence-electron chi connectivity index (χ1n) is 10.5. The summed E-state index contributed by atoms with van der Waals surface area (Å²) in [6.07, 6.45) is 10.6. The molecule has 2 unspecified atom stereocenters. The maximum Gasteiger partial charge on any atom is 0.200 e. The Balaban J connectivity index is 1.98. The lowest BCUT2D eigenvalue weighted by molar-refractivity contribution is -0.136. The van der Waals surface area contributed by atoms with Crippen LogP contribution < -0.4 is 4.74 Å². The summed E-state index contributed by atoms with van der Waals surface area (Å²) in [4.78, 5) is 0. The van der Waals surface area contributed by atoms with Crippen LogP contribution in [-0.4, -0.2) is 12.4 Å². The molecule has 0 aromatic heterocycles. The van der Waals surface area contributed by atoms with Gasteiger partial charge in [0.15, 0.2) is 6.29 Å². The van der Waals surface area contributed by atoms with Crippen molar-refractivity contribution >= 4 is 0 Å². The zero-order valence-corrected chi connectivity index (χ0v) is 17.2. The summed E-state index contributed by atoms with van der Waals surface area (Å²) in [5, 5.41) is 0. The minimum absolute atomic E-state index is 0.144. The number of rotatable bonds is 10. The lowest BCUT2D eigenvalue weighted by atomic mass is 9.90. The first-order chi connectivity index (χ1) is 12.5. The molecule has 2 nitrogen and oxygen atoms in total. The summed E-state index contributed by atoms with van der Waals surface area (Å²) in [5.41, 5.74) is 1.31. The van der Waals surface area contributed by atoms with Gasteiger partial charge in [-0.15, -0.1) is 6.58 Å². The maximum atomic E-state index is 6.32. The van der Waals surface area contributed by atoms with Crippen molar-refractivity contribution in [1.29, 1.82) is 0 Å². The third kappa shape index (κ3) is 7.15. The third-order valence-corrected chi connectivity index (χ3v) is 5.15. The molecule has 146 valence electrons. The van der Waals surface area contributed by atoms with E-state index in [1.54, 1.807) is 0 Å². The highest BCUT2D eigenvalue weighted by Crippen LogP contribution is 2.28. The molecule has 0 N–H and O–H groups in total. The highest BCUT2D eigenvalue weighted by atomic mass is 16.7. The Kier molecular flexibility index (Phi) is 8.71. The molecular weight excluding hydrogens is 320 g/mol. The first kappa shape index (κ1) is 21.0. The summed E-state index contributed by atoms with van der Waals surface area (Å²) >= 11 is 0. The minimum Gasteiger partial charge on any atom is -0.465 e. The second-order valence-corrected chi connectivity index (χ2v) is 8.61. The van der Waals surface area contributed by atoms with Crippen LogP contribution in [0, 0.1) is 11.8 Å². The number of ether oxygens (including phenoxy) is 2. The van der Waals surface area contributed by atoms with E-state index in [4.69, 9.17) is 9.47 Å². The predicted octanol–water partition coefficient (Wildman–Crippen LogP) is 7.10. The summed E-state index contributed by atoms with van der Waals surface area (Å²) in [6, 6.07) is 8.53. The molecule has 0 aliphatic heterocycles. The predicted molar refractivity (Wildman–Crippen MR) is 111 cm³/mol. The molecule has 26 heavy (non-hydrogen) atoms. The molecule has 1 aromatic rings. The van der Waals surface area contributed by atoms with Gasteiger partial charge in [0.2, 0.25) is 0 Å². The summed E-state index contributed by atoms with van der Waals surface area (Å²) in [7, 11) is 0. The Bertz CT molecular complexity index is 512. The van der Waals surface area contributed by atoms with Crippen LogP contribution >= 0.6 is 0 Å². The van der Waals surface area contributed by atoms with Crippen LogP contribution in [0.1, 0.15) is 84.1 Å². The number of hydrogen-bond donors (Lipinski definition) is 0. The lowest BCUT2D eigenvalue weighted by Gasteiger charge is -2.29. The van der Waals surface area contributed by atoms with E-state index in [0.717, 1.165) is 18.6 Å². The Hall–Kier alpha value is -1.28. The van der Waals surface area contributed by atoms with Crippen LogP contribution in [-0.2, 0) is 4.74 Å². The van der Waals surface area contributed by atoms with Crippen LogP contribution in [0.5, 0.6) is 5.75 Å². The molecule has 1 saturated carbocycles. The van der Waals surface area contributed by atoms with E-state index in [0.29, 0.717) is 23.9 Å². The number of hydrogen-bond acceptors (Lipinski definition) is 2. The van der Waals surface area contributed by atoms with Crippen LogP contribution in [0.4, 0.5) is 0 Å². The molecule has 0 bridgehead atoms. The minimum atomic E-state index is -0.144. The summed E-state index contributed by atoms with van der Waals surface area (Å²) < 4.78 is 12.5. The topological polar surface area (TPSA) is 18.5 Å². The molecular formula is C24H38O2. The van der Waals surface area contributed by atoms with E-state index in [2.05, 4.69) is 64.6 Å². The second-order valence-electron chi connectivity index (χ2n) is 8.61. The molecule has 0 spiro atoms. The van der Waals surface area contributed by atoms with E-state index < -0.39 is 0 Å². The van der Waals surface area contributed by atoms with Gasteiger partial charge in [0.25, 0.3) is 0 Å². The average molecular weight is 359 g/mol. The van der Waals surface area contributed by atoms with Gasteiger partial charge in [-0.05, 0) is 48.8 Å². The Morgan fingerprint density at radius 3 is 2.12 bits per heavy atom. The van der Waals surface area contributed by atoms with Gasteiger partial charge >= 0.3 is 0 Å². The SMILES string of the molecule is C=CC(CC(C)C)c1ccc(OC(CC(C)C)OC2CCCCC2)cc1. The van der Waals surface area contributed by atoms with E-state index >= 15 is 0 Å². The van der Waals surface area contributed by atoms with E-state index in [1.807, 2.05) is 0 Å². The van der Waals surface area contributed by atoms with Gasteiger partial charge in [0, 0.05) is 12.3 Å². The fourth-order valence-electron chi connectivity index (χ4n) is 3.75. The molecule has 0 saturated heterocycles. The van der Waals surface area contributed by atoms with Gasteiger partial charge in [0.1, 0.15) is 5.75 Å². The molecule has 2 rings (SSSR count). The first-order valence-corrected chi connectivity index (χ1v) is 10.5. The van der Waals surface area contributed by atoms with Gasteiger partial charge in [-0.3, -0.25) is 0 Å². The summed E-state index contributed by atoms with van der Waals surface area (Å²) in [6.45, 7) is 13.0. The van der Waals surface area contributed by atoms with E-state index in [9.17, 15) is 0 Å². The van der Waals surface area contributed by atoms with Gasteiger partial charge in [-0.2, -0.15) is 0 Å². The standard InChI is InChI=1S/C24H38O2/c1-6-20(16-18(2)3)21-12-14-23(15-13-21)26-24(17-19(4)5)25-22-10-8-7-9-11-22/h6,12-15,18-20,22,24H,1,7-11,16-17H2,2-5H3. The van der Waals surface area contributed by atoms with Gasteiger partial charge in [-0.25, -0.2) is 0 Å². The van der Waals surface area contributed by atoms with Crippen molar-refractivity contribution in [3.8, 4) is 5.75 Å². The van der Waals surface area contributed by atoms with Crippen LogP contribution in [0.15, 0.2) is 36.9 Å². The highest BCUT2D eigenvalue weighted by Gasteiger charge is 2.21. The molecule has 0 radical (unpaired) electrons. The molecule has 2 heteroatoms. The molecule has 1 aromatic carbocycles. The number of benzene rings is 1. The monoisotopic (exact) mass is 358 g/mol. The van der Waals surface area contributed by atoms with Crippen molar-refractivity contribution in [2.24, 2.45) is 11.8 Å². The highest BCUT2D eigenvalue weighted by molar-refractivity contribution is 5.31. The molecule has 2 atom stereocenters. The maximum absolute atomic E-state index is 6.32. The molecule has 1 aliphatic rings. The Morgan fingerprint density at radius 2 is 1.58 bits per heavy atom. The van der Waals surface area contributed by atoms with Crippen molar-refractivity contribution in [3.63, 3.8) is 0 Å². The number of allylic oxidation sites excluding steroid dienone is 1. The molecule has 1 aliphatic carbocycles. The van der Waals surface area contributed by atoms with Crippen molar-refractivity contribution in [3.05, 3.63) is 42.5 Å². The fourth-order valence-corrected chi connectivity index (χ4v) is 3.75. The molecule has 0 heterocycles. The lowest BCUT2D eigenvalue weighted by Crippen LogP contribution is -2.29. The van der Waals surface area contributed by atoms with E-state index in [-0.39, 0.29) is 6.29 Å². The molecule has 0 amide bonds. The van der Waals surface area contributed by atoms with Crippen LogP contribution in [0.25, 0.3) is 0 Å². The van der Waals surface area contributed by atoms with E-state index in [1.165, 1.54) is 37.7 Å². The Labute approximate surface area is 161 Å². The van der Waals surface area contributed by atoms with Gasteiger partial charge < -0.3 is 9.47 Å². The average Bonchev–Trinajstić information content (AvgIpc) is 2.60. The van der Waals surface area contributed by atoms with Crippen LogP contribution in [0.2, 0.25) is 0 Å². The zero-order valence-electron chi connectivity index (χ0n) is 17.2. The Morgan fingerprint density at radius 1 is 0.962 bits per heavy atom. The second kappa shape index (κ2) is 10.8. The third-order valence-electron chi connectivity index (χ3n) is 5.15. The zero-order chi connectivity index (χ0) is 18.9. The fraction of sp³-hybridized carbons (Fsp3) is 0.667. The van der Waals surface area contributed by atoms with Crippen LogP contribution in [0.3, 0.4) is 0 Å². The van der Waals surface area contributed by atoms with Gasteiger partial charge in [-0.1, -0.05) is 65.2 Å². The largest absolute Gasteiger partial charge is 0.465 e. The molecule has 1 fully saturated rings. The van der Waals surface area contributed by atoms with Crippen molar-refractivity contribution < 1.29 is 9.47 Å². The smallest absolute Gasteiger partial charge is 0.200 e. The quantitative estimate of drug-likeness (QED) is 0.328.